The number of carbonyl (C=O) groups excluding carboxylic acids is 1. The third kappa shape index (κ3) is 6.23. The zero-order chi connectivity index (χ0) is 22.3. The minimum Gasteiger partial charge on any atom is -0.353 e. The van der Waals surface area contributed by atoms with Gasteiger partial charge < -0.3 is 15.1 Å². The topological polar surface area (TPSA) is 54.4 Å². The van der Waals surface area contributed by atoms with Gasteiger partial charge in [0.05, 0.1) is 0 Å². The Morgan fingerprint density at radius 1 is 1.03 bits per heavy atom. The Morgan fingerprint density at radius 2 is 1.75 bits per heavy atom. The first kappa shape index (κ1) is 23.1. The number of aliphatic imine (C=N–C) groups is 1. The lowest BCUT2D eigenvalue weighted by Gasteiger charge is -2.34. The highest BCUT2D eigenvalue weighted by Crippen LogP contribution is 2.21. The van der Waals surface area contributed by atoms with Gasteiger partial charge >= 0.3 is 0 Å². The number of hydrogen-bond donors (Lipinski definition) is 1. The molecule has 1 amide bonds. The van der Waals surface area contributed by atoms with Crippen LogP contribution in [-0.4, -0.2) is 103 Å². The summed E-state index contributed by atoms with van der Waals surface area (Å²) < 4.78 is 0. The van der Waals surface area contributed by atoms with E-state index in [-0.39, 0.29) is 12.5 Å². The lowest BCUT2D eigenvalue weighted by atomic mass is 10.0. The molecule has 32 heavy (non-hydrogen) atoms. The third-order valence-corrected chi connectivity index (χ3v) is 7.15. The smallest absolute Gasteiger partial charge is 0.243 e. The van der Waals surface area contributed by atoms with Gasteiger partial charge in [0.2, 0.25) is 5.91 Å². The van der Waals surface area contributed by atoms with E-state index in [0.29, 0.717) is 12.1 Å². The number of nitrogens with zero attached hydrogens (tertiary/aromatic N) is 5. The van der Waals surface area contributed by atoms with Crippen LogP contribution < -0.4 is 5.32 Å². The summed E-state index contributed by atoms with van der Waals surface area (Å²) in [5, 5.41) is 3.75. The predicted molar refractivity (Wildman–Crippen MR) is 130 cm³/mol. The summed E-state index contributed by atoms with van der Waals surface area (Å²) in [7, 11) is 3.60. The molecule has 7 nitrogen and oxygen atoms in total. The molecule has 3 fully saturated rings. The minimum absolute atomic E-state index is 0.0530. The molecule has 1 atom stereocenters. The van der Waals surface area contributed by atoms with Gasteiger partial charge in [0, 0.05) is 58.9 Å². The van der Waals surface area contributed by atoms with Crippen molar-refractivity contribution in [2.45, 2.75) is 50.7 Å². The van der Waals surface area contributed by atoms with Crippen molar-refractivity contribution in [2.24, 2.45) is 4.99 Å². The molecular formula is C25H40N6O. The van der Waals surface area contributed by atoms with Gasteiger partial charge in [-0.15, -0.1) is 0 Å². The molecule has 3 aliphatic rings. The fourth-order valence-corrected chi connectivity index (χ4v) is 5.12. The Morgan fingerprint density at radius 3 is 2.44 bits per heavy atom. The van der Waals surface area contributed by atoms with Crippen LogP contribution in [0, 0.1) is 0 Å². The normalized spacial score (nSPS) is 23.6. The molecule has 0 radical (unpaired) electrons. The van der Waals surface area contributed by atoms with Crippen LogP contribution in [0.4, 0.5) is 0 Å². The molecule has 4 rings (SSSR count). The summed E-state index contributed by atoms with van der Waals surface area (Å²) in [6.45, 7) is 7.93. The molecule has 3 aliphatic heterocycles. The average Bonchev–Trinajstić information content (AvgIpc) is 3.50. The maximum atomic E-state index is 12.2. The number of carbonyl (C=O) groups is 1. The van der Waals surface area contributed by atoms with Gasteiger partial charge in [0.15, 0.2) is 5.96 Å². The first-order valence-corrected chi connectivity index (χ1v) is 12.3. The number of guanidine groups is 1. The van der Waals surface area contributed by atoms with Crippen LogP contribution in [0.5, 0.6) is 0 Å². The van der Waals surface area contributed by atoms with E-state index in [0.717, 1.165) is 51.5 Å². The molecule has 0 aliphatic carbocycles. The van der Waals surface area contributed by atoms with Gasteiger partial charge in [-0.05, 0) is 50.8 Å². The van der Waals surface area contributed by atoms with Crippen molar-refractivity contribution < 1.29 is 4.79 Å². The molecule has 3 heterocycles. The standard InChI is InChI=1S/C25H40N6O/c1-28(2)24(32)18-26-25(31-17-12-23(20-31)30-13-6-7-14-30)27-22-10-15-29(16-11-22)19-21-8-4-3-5-9-21/h3-5,8-9,22-23H,6-7,10-20H2,1-2H3,(H,26,27). The van der Waals surface area contributed by atoms with Crippen LogP contribution in [0.1, 0.15) is 37.7 Å². The zero-order valence-corrected chi connectivity index (χ0v) is 19.9. The second-order valence-corrected chi connectivity index (χ2v) is 9.74. The molecule has 0 saturated carbocycles. The van der Waals surface area contributed by atoms with Crippen molar-refractivity contribution in [3.63, 3.8) is 0 Å². The minimum atomic E-state index is 0.0530. The zero-order valence-electron chi connectivity index (χ0n) is 19.9. The predicted octanol–water partition coefficient (Wildman–Crippen LogP) is 1.85. The van der Waals surface area contributed by atoms with Gasteiger partial charge in [-0.3, -0.25) is 14.6 Å². The van der Waals surface area contributed by atoms with Crippen LogP contribution >= 0.6 is 0 Å². The van der Waals surface area contributed by atoms with Gasteiger partial charge in [-0.2, -0.15) is 0 Å². The number of likely N-dealkylation sites (N-methyl/N-ethyl adjacent to an activating group) is 1. The van der Waals surface area contributed by atoms with Gasteiger partial charge in [-0.25, -0.2) is 4.99 Å². The Balaban J connectivity index is 1.33. The van der Waals surface area contributed by atoms with Crippen LogP contribution in [-0.2, 0) is 11.3 Å². The second kappa shape index (κ2) is 11.1. The number of rotatable bonds is 6. The van der Waals surface area contributed by atoms with E-state index in [1.807, 2.05) is 0 Å². The van der Waals surface area contributed by atoms with E-state index in [9.17, 15) is 4.79 Å². The summed E-state index contributed by atoms with van der Waals surface area (Å²) in [5.41, 5.74) is 1.38. The van der Waals surface area contributed by atoms with Crippen LogP contribution in [0.25, 0.3) is 0 Å². The van der Waals surface area contributed by atoms with Crippen molar-refractivity contribution >= 4 is 11.9 Å². The Kier molecular flexibility index (Phi) is 8.03. The third-order valence-electron chi connectivity index (χ3n) is 7.15. The molecule has 176 valence electrons. The van der Waals surface area contributed by atoms with Crippen molar-refractivity contribution in [3.8, 4) is 0 Å². The highest BCUT2D eigenvalue weighted by Gasteiger charge is 2.32. The second-order valence-electron chi connectivity index (χ2n) is 9.74. The maximum Gasteiger partial charge on any atom is 0.243 e. The first-order valence-electron chi connectivity index (χ1n) is 12.3. The molecule has 0 aromatic heterocycles. The summed E-state index contributed by atoms with van der Waals surface area (Å²) in [6.07, 6.45) is 6.06. The van der Waals surface area contributed by atoms with Crippen LogP contribution in [0.15, 0.2) is 35.3 Å². The largest absolute Gasteiger partial charge is 0.353 e. The molecule has 7 heteroatoms. The Labute approximate surface area is 193 Å². The fraction of sp³-hybridized carbons (Fsp3) is 0.680. The van der Waals surface area contributed by atoms with E-state index in [1.54, 1.807) is 19.0 Å². The van der Waals surface area contributed by atoms with E-state index in [1.165, 1.54) is 37.9 Å². The highest BCUT2D eigenvalue weighted by atomic mass is 16.2. The van der Waals surface area contributed by atoms with Crippen molar-refractivity contribution in [1.29, 1.82) is 0 Å². The Bertz CT molecular complexity index is 753. The van der Waals surface area contributed by atoms with Crippen molar-refractivity contribution in [3.05, 3.63) is 35.9 Å². The van der Waals surface area contributed by atoms with E-state index in [4.69, 9.17) is 4.99 Å². The van der Waals surface area contributed by atoms with Crippen LogP contribution in [0.3, 0.4) is 0 Å². The SMILES string of the molecule is CN(C)C(=O)CN=C(NC1CCN(Cc2ccccc2)CC1)N1CCC(N2CCCC2)C1. The van der Waals surface area contributed by atoms with Crippen LogP contribution in [0.2, 0.25) is 0 Å². The number of benzene rings is 1. The van der Waals surface area contributed by atoms with Crippen molar-refractivity contribution in [1.82, 2.24) is 24.9 Å². The molecule has 3 saturated heterocycles. The summed E-state index contributed by atoms with van der Waals surface area (Å²) in [5.74, 6) is 0.987. The summed E-state index contributed by atoms with van der Waals surface area (Å²) >= 11 is 0. The maximum absolute atomic E-state index is 12.2. The van der Waals surface area contributed by atoms with Gasteiger partial charge in [-0.1, -0.05) is 30.3 Å². The molecule has 1 unspecified atom stereocenters. The highest BCUT2D eigenvalue weighted by molar-refractivity contribution is 5.85. The number of nitrogens with one attached hydrogen (secondary N) is 1. The summed E-state index contributed by atoms with van der Waals surface area (Å²) in [4.78, 5) is 26.2. The van der Waals surface area contributed by atoms with E-state index in [2.05, 4.69) is 50.3 Å². The molecule has 1 aromatic rings. The van der Waals surface area contributed by atoms with Gasteiger partial charge in [0.25, 0.3) is 0 Å². The molecule has 1 aromatic carbocycles. The molecular weight excluding hydrogens is 400 g/mol. The van der Waals surface area contributed by atoms with Crippen molar-refractivity contribution in [2.75, 3.05) is 59.9 Å². The lowest BCUT2D eigenvalue weighted by Crippen LogP contribution is -2.50. The number of piperidine rings is 1. The average molecular weight is 441 g/mol. The fourth-order valence-electron chi connectivity index (χ4n) is 5.12. The number of amides is 1. The molecule has 0 bridgehead atoms. The number of likely N-dealkylation sites (tertiary alicyclic amines) is 3. The first-order chi connectivity index (χ1) is 15.6. The van der Waals surface area contributed by atoms with E-state index < -0.39 is 0 Å². The lowest BCUT2D eigenvalue weighted by molar-refractivity contribution is -0.127. The monoisotopic (exact) mass is 440 g/mol. The van der Waals surface area contributed by atoms with E-state index >= 15 is 0 Å². The molecule has 0 spiro atoms. The molecule has 1 N–H and O–H groups in total. The quantitative estimate of drug-likeness (QED) is 0.541. The summed E-state index contributed by atoms with van der Waals surface area (Å²) in [6, 6.07) is 11.8. The number of hydrogen-bond acceptors (Lipinski definition) is 4. The van der Waals surface area contributed by atoms with Gasteiger partial charge in [0.1, 0.15) is 6.54 Å². The Hall–Kier alpha value is -2.12.